The molecular formula is C27H22. The zero-order valence-corrected chi connectivity index (χ0v) is 15.4. The first kappa shape index (κ1) is 16.1. The molecule has 0 radical (unpaired) electrons. The van der Waals surface area contributed by atoms with Crippen LogP contribution in [-0.4, -0.2) is 0 Å². The number of hydrogen-bond donors (Lipinski definition) is 0. The van der Waals surface area contributed by atoms with Crippen molar-refractivity contribution in [2.75, 3.05) is 0 Å². The summed E-state index contributed by atoms with van der Waals surface area (Å²) >= 11 is 0. The van der Waals surface area contributed by atoms with Crippen molar-refractivity contribution in [2.24, 2.45) is 11.8 Å². The van der Waals surface area contributed by atoms with Gasteiger partial charge in [-0.3, -0.25) is 0 Å². The third-order valence-corrected chi connectivity index (χ3v) is 5.84. The molecule has 3 aromatic rings. The lowest BCUT2D eigenvalue weighted by molar-refractivity contribution is 1.06. The van der Waals surface area contributed by atoms with Crippen molar-refractivity contribution >= 4 is 24.3 Å². The summed E-state index contributed by atoms with van der Waals surface area (Å²) in [5.74, 6) is 1.38. The maximum absolute atomic E-state index is 4.17. The fourth-order valence-corrected chi connectivity index (χ4v) is 4.48. The van der Waals surface area contributed by atoms with Gasteiger partial charge in [0, 0.05) is 0 Å². The van der Waals surface area contributed by atoms with Crippen LogP contribution in [0.2, 0.25) is 0 Å². The second kappa shape index (κ2) is 6.25. The van der Waals surface area contributed by atoms with Gasteiger partial charge in [0.25, 0.3) is 0 Å². The molecule has 0 nitrogen and oxygen atoms in total. The fourth-order valence-electron chi connectivity index (χ4n) is 4.48. The third-order valence-electron chi connectivity index (χ3n) is 5.84. The Kier molecular flexibility index (Phi) is 3.72. The zero-order chi connectivity index (χ0) is 18.4. The van der Waals surface area contributed by atoms with Crippen molar-refractivity contribution in [3.8, 4) is 22.3 Å². The average molecular weight is 346 g/mol. The molecule has 0 heteroatoms. The lowest BCUT2D eigenvalue weighted by atomic mass is 9.84. The summed E-state index contributed by atoms with van der Waals surface area (Å²) in [4.78, 5) is 0. The molecule has 0 heterocycles. The molecule has 0 amide bonds. The van der Waals surface area contributed by atoms with Crippen molar-refractivity contribution in [2.45, 2.75) is 6.42 Å². The van der Waals surface area contributed by atoms with Crippen LogP contribution < -0.4 is 10.4 Å². The van der Waals surface area contributed by atoms with E-state index in [0.29, 0.717) is 11.8 Å². The highest BCUT2D eigenvalue weighted by atomic mass is 14.4. The summed E-state index contributed by atoms with van der Waals surface area (Å²) in [5, 5.41) is 2.72. The SMILES string of the molecule is C=Cc1c(C=C)c(-c2ccccc2)c2c(c1-c1ccccc1)=CC1CC1C=2. The van der Waals surface area contributed by atoms with Crippen molar-refractivity contribution in [1.82, 2.24) is 0 Å². The van der Waals surface area contributed by atoms with Gasteiger partial charge >= 0.3 is 0 Å². The second-order valence-corrected chi connectivity index (χ2v) is 7.44. The van der Waals surface area contributed by atoms with Gasteiger partial charge in [-0.25, -0.2) is 0 Å². The van der Waals surface area contributed by atoms with Gasteiger partial charge in [0.05, 0.1) is 0 Å². The molecule has 0 saturated heterocycles. The van der Waals surface area contributed by atoms with Crippen LogP contribution in [0.3, 0.4) is 0 Å². The van der Waals surface area contributed by atoms with E-state index in [9.17, 15) is 0 Å². The predicted molar refractivity (Wildman–Crippen MR) is 117 cm³/mol. The smallest absolute Gasteiger partial charge is 0.00298 e. The highest BCUT2D eigenvalue weighted by Crippen LogP contribution is 2.43. The first-order valence-electron chi connectivity index (χ1n) is 9.61. The quantitative estimate of drug-likeness (QED) is 0.584. The van der Waals surface area contributed by atoms with Crippen molar-refractivity contribution in [3.05, 3.63) is 95.4 Å². The molecule has 1 fully saturated rings. The fraction of sp³-hybridized carbons (Fsp3) is 0.111. The van der Waals surface area contributed by atoms with E-state index in [2.05, 4.69) is 86.0 Å². The Morgan fingerprint density at radius 1 is 0.630 bits per heavy atom. The van der Waals surface area contributed by atoms with Crippen LogP contribution in [0.15, 0.2) is 73.8 Å². The van der Waals surface area contributed by atoms with Crippen LogP contribution in [0.5, 0.6) is 0 Å². The summed E-state index contributed by atoms with van der Waals surface area (Å²) in [6.07, 6.45) is 10.3. The molecular weight excluding hydrogens is 324 g/mol. The van der Waals surface area contributed by atoms with Gasteiger partial charge in [-0.05, 0) is 62.1 Å². The third kappa shape index (κ3) is 2.52. The van der Waals surface area contributed by atoms with Crippen molar-refractivity contribution in [1.29, 1.82) is 0 Å². The first-order valence-corrected chi connectivity index (χ1v) is 9.61. The predicted octanol–water partition coefficient (Wildman–Crippen LogP) is 5.52. The minimum Gasteiger partial charge on any atom is -0.0984 e. The minimum atomic E-state index is 0.691. The average Bonchev–Trinajstić information content (AvgIpc) is 3.50. The molecule has 0 spiro atoms. The van der Waals surface area contributed by atoms with Crippen LogP contribution in [0.4, 0.5) is 0 Å². The number of benzene rings is 3. The van der Waals surface area contributed by atoms with E-state index in [-0.39, 0.29) is 0 Å². The normalized spacial score (nSPS) is 19.1. The summed E-state index contributed by atoms with van der Waals surface area (Å²) in [5.41, 5.74) is 7.42. The van der Waals surface area contributed by atoms with E-state index in [0.717, 1.165) is 0 Å². The first-order chi connectivity index (χ1) is 13.3. The highest BCUT2D eigenvalue weighted by Gasteiger charge is 2.36. The summed E-state index contributed by atoms with van der Waals surface area (Å²) in [7, 11) is 0. The molecule has 3 aromatic carbocycles. The molecule has 0 aliphatic heterocycles. The molecule has 2 aliphatic rings. The lowest BCUT2D eigenvalue weighted by Gasteiger charge is -2.19. The van der Waals surface area contributed by atoms with Crippen LogP contribution in [0, 0.1) is 11.8 Å². The Morgan fingerprint density at radius 3 is 1.41 bits per heavy atom. The molecule has 2 atom stereocenters. The van der Waals surface area contributed by atoms with E-state index in [1.807, 2.05) is 12.2 Å². The Morgan fingerprint density at radius 2 is 1.04 bits per heavy atom. The summed E-state index contributed by atoms with van der Waals surface area (Å²) in [6, 6.07) is 21.4. The molecule has 5 rings (SSSR count). The number of rotatable bonds is 4. The zero-order valence-electron chi connectivity index (χ0n) is 15.4. The van der Waals surface area contributed by atoms with E-state index in [1.165, 1.54) is 50.2 Å². The molecule has 0 bridgehead atoms. The van der Waals surface area contributed by atoms with Gasteiger partial charge in [0.15, 0.2) is 0 Å². The second-order valence-electron chi connectivity index (χ2n) is 7.44. The topological polar surface area (TPSA) is 0 Å². The van der Waals surface area contributed by atoms with Gasteiger partial charge in [0.1, 0.15) is 0 Å². The van der Waals surface area contributed by atoms with E-state index in [4.69, 9.17) is 0 Å². The summed E-state index contributed by atoms with van der Waals surface area (Å²) < 4.78 is 0. The van der Waals surface area contributed by atoms with Gasteiger partial charge in [-0.1, -0.05) is 98.1 Å². The largest absolute Gasteiger partial charge is 0.0984 e. The highest BCUT2D eigenvalue weighted by molar-refractivity contribution is 5.90. The van der Waals surface area contributed by atoms with E-state index < -0.39 is 0 Å². The van der Waals surface area contributed by atoms with Gasteiger partial charge in [-0.15, -0.1) is 0 Å². The maximum Gasteiger partial charge on any atom is -0.00298 e. The number of hydrogen-bond acceptors (Lipinski definition) is 0. The van der Waals surface area contributed by atoms with Crippen LogP contribution in [-0.2, 0) is 0 Å². The molecule has 1 saturated carbocycles. The molecule has 130 valence electrons. The van der Waals surface area contributed by atoms with Crippen LogP contribution in [0.25, 0.3) is 46.6 Å². The molecule has 2 aliphatic carbocycles. The van der Waals surface area contributed by atoms with E-state index >= 15 is 0 Å². The van der Waals surface area contributed by atoms with Crippen molar-refractivity contribution in [3.63, 3.8) is 0 Å². The standard InChI is InChI=1S/C27H22/c1-3-22-23(4-2)27(19-13-9-6-10-14-19)25-17-21-15-20(21)16-24(25)26(22)18-11-7-5-8-12-18/h3-14,16-17,20-21H,1-2,15H2. The van der Waals surface area contributed by atoms with Crippen LogP contribution in [0.1, 0.15) is 17.5 Å². The molecule has 0 aromatic heterocycles. The summed E-state index contributed by atoms with van der Waals surface area (Å²) in [6.45, 7) is 8.33. The monoisotopic (exact) mass is 346 g/mol. The van der Waals surface area contributed by atoms with Gasteiger partial charge in [0.2, 0.25) is 0 Å². The Labute approximate surface area is 160 Å². The van der Waals surface area contributed by atoms with Gasteiger partial charge in [-0.2, -0.15) is 0 Å². The minimum absolute atomic E-state index is 0.691. The van der Waals surface area contributed by atoms with Crippen LogP contribution >= 0.6 is 0 Å². The maximum atomic E-state index is 4.17. The van der Waals surface area contributed by atoms with Crippen molar-refractivity contribution < 1.29 is 0 Å². The number of fused-ring (bicyclic) bond motifs is 2. The molecule has 27 heavy (non-hydrogen) atoms. The van der Waals surface area contributed by atoms with Gasteiger partial charge < -0.3 is 0 Å². The Balaban J connectivity index is 1.99. The lowest BCUT2D eigenvalue weighted by Crippen LogP contribution is -2.33. The van der Waals surface area contributed by atoms with E-state index in [1.54, 1.807) is 0 Å². The molecule has 0 N–H and O–H groups in total. The Hall–Kier alpha value is -3.12. The molecule has 2 unspecified atom stereocenters. The Bertz CT molecular complexity index is 1070.